The summed E-state index contributed by atoms with van der Waals surface area (Å²) in [6.45, 7) is 7.98. The Labute approximate surface area is 144 Å². The van der Waals surface area contributed by atoms with Crippen molar-refractivity contribution in [2.24, 2.45) is 16.7 Å². The summed E-state index contributed by atoms with van der Waals surface area (Å²) in [6.07, 6.45) is 3.36. The minimum atomic E-state index is -3.58. The summed E-state index contributed by atoms with van der Waals surface area (Å²) in [5.41, 5.74) is 0.599. The van der Waals surface area contributed by atoms with Crippen LogP contribution in [0.5, 0.6) is 0 Å². The topological polar surface area (TPSA) is 75.3 Å². The number of nitrogens with one attached hydrogen (secondary N) is 2. The largest absolute Gasteiger partial charge is 0.326 e. The zero-order valence-corrected chi connectivity index (χ0v) is 15.5. The fourth-order valence-corrected chi connectivity index (χ4v) is 6.27. The van der Waals surface area contributed by atoms with Crippen LogP contribution >= 0.6 is 0 Å². The number of anilines is 1. The number of benzene rings is 1. The fourth-order valence-electron chi connectivity index (χ4n) is 4.74. The number of fused-ring (bicyclic) bond motifs is 2. The van der Waals surface area contributed by atoms with Crippen molar-refractivity contribution in [3.05, 3.63) is 24.3 Å². The predicted octanol–water partition coefficient (Wildman–Crippen LogP) is 3.14. The van der Waals surface area contributed by atoms with Gasteiger partial charge in [0.1, 0.15) is 0 Å². The Kier molecular flexibility index (Phi) is 4.04. The van der Waals surface area contributed by atoms with E-state index in [1.54, 1.807) is 12.1 Å². The zero-order chi connectivity index (χ0) is 17.8. The van der Waals surface area contributed by atoms with Gasteiger partial charge < -0.3 is 5.32 Å². The van der Waals surface area contributed by atoms with E-state index in [1.807, 2.05) is 0 Å². The fraction of sp³-hybridized carbons (Fsp3) is 0.611. The standard InChI is InChI=1S/C18H26N2O3S/c1-12(21)19-14-5-7-15(8-6-14)24(22,23)20-16-17(2,3)13-9-10-18(16,4)11-13/h5-8,13,16,20H,9-11H2,1-4H3,(H,19,21)/t13-,16-,18-/m0/s1. The van der Waals surface area contributed by atoms with E-state index in [1.165, 1.54) is 25.5 Å². The van der Waals surface area contributed by atoms with E-state index >= 15 is 0 Å². The SMILES string of the molecule is CC(=O)Nc1ccc(S(=O)(=O)N[C@H]2C(C)(C)[C@H]3CC[C@@]2(C)C3)cc1. The number of sulfonamides is 1. The molecule has 0 spiro atoms. The van der Waals surface area contributed by atoms with E-state index in [2.05, 4.69) is 30.8 Å². The van der Waals surface area contributed by atoms with Crippen molar-refractivity contribution in [3.63, 3.8) is 0 Å². The van der Waals surface area contributed by atoms with Gasteiger partial charge in [-0.3, -0.25) is 4.79 Å². The van der Waals surface area contributed by atoms with Crippen LogP contribution in [0.2, 0.25) is 0 Å². The molecule has 0 radical (unpaired) electrons. The summed E-state index contributed by atoms with van der Waals surface area (Å²) in [5, 5.41) is 2.64. The molecule has 1 aromatic carbocycles. The maximum atomic E-state index is 12.8. The second-order valence-corrected chi connectivity index (χ2v) is 9.89. The number of amides is 1. The molecule has 2 fully saturated rings. The van der Waals surface area contributed by atoms with E-state index in [0.717, 1.165) is 12.8 Å². The lowest BCUT2D eigenvalue weighted by Crippen LogP contribution is -2.52. The number of carbonyl (C=O) groups excluding carboxylic acids is 1. The van der Waals surface area contributed by atoms with Crippen LogP contribution < -0.4 is 10.0 Å². The molecule has 3 rings (SSSR count). The minimum absolute atomic E-state index is 0.0316. The molecule has 2 aliphatic carbocycles. The van der Waals surface area contributed by atoms with Crippen LogP contribution in [0.3, 0.4) is 0 Å². The lowest BCUT2D eigenvalue weighted by molar-refractivity contribution is -0.114. The van der Waals surface area contributed by atoms with Crippen molar-refractivity contribution in [2.45, 2.75) is 57.9 Å². The van der Waals surface area contributed by atoms with Gasteiger partial charge in [-0.05, 0) is 60.3 Å². The third kappa shape index (κ3) is 2.86. The Bertz CT molecular complexity index is 750. The molecule has 2 saturated carbocycles. The highest BCUT2D eigenvalue weighted by Crippen LogP contribution is 2.62. The molecule has 2 bridgehead atoms. The smallest absolute Gasteiger partial charge is 0.240 e. The molecule has 0 saturated heterocycles. The molecule has 3 atom stereocenters. The lowest BCUT2D eigenvalue weighted by Gasteiger charge is -2.42. The first-order chi connectivity index (χ1) is 11.0. The second-order valence-electron chi connectivity index (χ2n) is 8.17. The average Bonchev–Trinajstić information content (AvgIpc) is 2.95. The molecule has 1 aromatic rings. The van der Waals surface area contributed by atoms with Crippen LogP contribution in [-0.4, -0.2) is 20.4 Å². The first-order valence-electron chi connectivity index (χ1n) is 8.45. The van der Waals surface area contributed by atoms with Gasteiger partial charge in [0.25, 0.3) is 0 Å². The number of rotatable bonds is 4. The van der Waals surface area contributed by atoms with Crippen LogP contribution in [-0.2, 0) is 14.8 Å². The monoisotopic (exact) mass is 350 g/mol. The third-order valence-electron chi connectivity index (χ3n) is 6.03. The summed E-state index contributed by atoms with van der Waals surface area (Å²) in [7, 11) is -3.58. The van der Waals surface area contributed by atoms with E-state index in [4.69, 9.17) is 0 Å². The Balaban J connectivity index is 1.83. The summed E-state index contributed by atoms with van der Waals surface area (Å²) >= 11 is 0. The maximum absolute atomic E-state index is 12.8. The summed E-state index contributed by atoms with van der Waals surface area (Å²) in [5.74, 6) is 0.401. The van der Waals surface area contributed by atoms with Crippen molar-refractivity contribution >= 4 is 21.6 Å². The predicted molar refractivity (Wildman–Crippen MR) is 94.1 cm³/mol. The maximum Gasteiger partial charge on any atom is 0.240 e. The van der Waals surface area contributed by atoms with Crippen molar-refractivity contribution < 1.29 is 13.2 Å². The molecule has 5 nitrogen and oxygen atoms in total. The molecule has 0 unspecified atom stereocenters. The van der Waals surface area contributed by atoms with Gasteiger partial charge in [-0.25, -0.2) is 13.1 Å². The van der Waals surface area contributed by atoms with Crippen molar-refractivity contribution in [1.29, 1.82) is 0 Å². The third-order valence-corrected chi connectivity index (χ3v) is 7.47. The molecule has 6 heteroatoms. The first kappa shape index (κ1) is 17.4. The van der Waals surface area contributed by atoms with Gasteiger partial charge in [-0.1, -0.05) is 20.8 Å². The van der Waals surface area contributed by atoms with E-state index in [-0.39, 0.29) is 27.7 Å². The number of hydrogen-bond acceptors (Lipinski definition) is 3. The molecule has 0 aliphatic heterocycles. The van der Waals surface area contributed by atoms with Crippen molar-refractivity contribution in [1.82, 2.24) is 4.72 Å². The normalized spacial score (nSPS) is 31.2. The van der Waals surface area contributed by atoms with Crippen LogP contribution in [0.25, 0.3) is 0 Å². The highest BCUT2D eigenvalue weighted by atomic mass is 32.2. The Morgan fingerprint density at radius 1 is 1.17 bits per heavy atom. The molecule has 0 aromatic heterocycles. The van der Waals surface area contributed by atoms with Crippen molar-refractivity contribution in [2.75, 3.05) is 5.32 Å². The van der Waals surface area contributed by atoms with Crippen LogP contribution in [0, 0.1) is 16.7 Å². The second kappa shape index (κ2) is 5.56. The van der Waals surface area contributed by atoms with Crippen LogP contribution in [0.4, 0.5) is 5.69 Å². The molecule has 24 heavy (non-hydrogen) atoms. The van der Waals surface area contributed by atoms with Gasteiger partial charge in [0.05, 0.1) is 4.90 Å². The summed E-state index contributed by atoms with van der Waals surface area (Å²) < 4.78 is 28.6. The number of carbonyl (C=O) groups is 1. The average molecular weight is 350 g/mol. The van der Waals surface area contributed by atoms with E-state index in [0.29, 0.717) is 11.6 Å². The van der Waals surface area contributed by atoms with E-state index < -0.39 is 10.0 Å². The zero-order valence-electron chi connectivity index (χ0n) is 14.7. The molecule has 2 aliphatic rings. The van der Waals surface area contributed by atoms with Gasteiger partial charge in [0.2, 0.25) is 15.9 Å². The molecule has 132 valence electrons. The minimum Gasteiger partial charge on any atom is -0.326 e. The van der Waals surface area contributed by atoms with Gasteiger partial charge in [0, 0.05) is 18.7 Å². The highest BCUT2D eigenvalue weighted by Gasteiger charge is 2.60. The Morgan fingerprint density at radius 2 is 1.79 bits per heavy atom. The van der Waals surface area contributed by atoms with E-state index in [9.17, 15) is 13.2 Å². The summed E-state index contributed by atoms with van der Waals surface area (Å²) in [6, 6.07) is 6.25. The molecular weight excluding hydrogens is 324 g/mol. The van der Waals surface area contributed by atoms with Gasteiger partial charge in [0.15, 0.2) is 0 Å². The summed E-state index contributed by atoms with van der Waals surface area (Å²) in [4.78, 5) is 11.3. The Morgan fingerprint density at radius 3 is 2.29 bits per heavy atom. The number of hydrogen-bond donors (Lipinski definition) is 2. The quantitative estimate of drug-likeness (QED) is 0.876. The molecular formula is C18H26N2O3S. The molecule has 0 heterocycles. The molecule has 1 amide bonds. The van der Waals surface area contributed by atoms with Gasteiger partial charge >= 0.3 is 0 Å². The van der Waals surface area contributed by atoms with Crippen LogP contribution in [0.15, 0.2) is 29.2 Å². The molecule has 2 N–H and O–H groups in total. The van der Waals surface area contributed by atoms with Crippen LogP contribution in [0.1, 0.15) is 47.0 Å². The van der Waals surface area contributed by atoms with Gasteiger partial charge in [-0.2, -0.15) is 0 Å². The lowest BCUT2D eigenvalue weighted by atomic mass is 9.69. The van der Waals surface area contributed by atoms with Gasteiger partial charge in [-0.15, -0.1) is 0 Å². The van der Waals surface area contributed by atoms with Crippen molar-refractivity contribution in [3.8, 4) is 0 Å². The Hall–Kier alpha value is -1.40. The first-order valence-corrected chi connectivity index (χ1v) is 9.93. The highest BCUT2D eigenvalue weighted by molar-refractivity contribution is 7.89.